The van der Waals surface area contributed by atoms with Gasteiger partial charge in [0.25, 0.3) is 0 Å². The molecule has 120 valence electrons. The number of carbonyl (C=O) groups excluding carboxylic acids is 2. The Morgan fingerprint density at radius 2 is 1.48 bits per heavy atom. The number of nitrogens with zero attached hydrogens (tertiary/aromatic N) is 2. The second-order valence-electron chi connectivity index (χ2n) is 5.65. The van der Waals surface area contributed by atoms with Gasteiger partial charge >= 0.3 is 5.97 Å². The lowest BCUT2D eigenvalue weighted by Gasteiger charge is -2.29. The van der Waals surface area contributed by atoms with Gasteiger partial charge in [0.15, 0.2) is 0 Å². The molecule has 0 heterocycles. The number of carbonyl (C=O) groups is 3. The fourth-order valence-electron chi connectivity index (χ4n) is 2.86. The molecular weight excluding hydrogens is 272 g/mol. The van der Waals surface area contributed by atoms with Gasteiger partial charge in [0, 0.05) is 26.1 Å². The van der Waals surface area contributed by atoms with Crippen LogP contribution >= 0.6 is 0 Å². The third-order valence-corrected chi connectivity index (χ3v) is 4.29. The van der Waals surface area contributed by atoms with Crippen LogP contribution < -0.4 is 0 Å². The van der Waals surface area contributed by atoms with Gasteiger partial charge in [-0.3, -0.25) is 14.4 Å². The van der Waals surface area contributed by atoms with E-state index in [2.05, 4.69) is 0 Å². The summed E-state index contributed by atoms with van der Waals surface area (Å²) in [5.74, 6) is -1.33. The van der Waals surface area contributed by atoms with Crippen molar-refractivity contribution in [3.63, 3.8) is 0 Å². The summed E-state index contributed by atoms with van der Waals surface area (Å²) in [7, 11) is 1.65. The van der Waals surface area contributed by atoms with Crippen LogP contribution in [0.3, 0.4) is 0 Å². The Hall–Kier alpha value is -1.59. The molecule has 1 N–H and O–H groups in total. The first kappa shape index (κ1) is 17.5. The Morgan fingerprint density at radius 1 is 1.00 bits per heavy atom. The van der Waals surface area contributed by atoms with E-state index in [4.69, 9.17) is 5.11 Å². The van der Waals surface area contributed by atoms with Crippen LogP contribution in [0.5, 0.6) is 0 Å². The summed E-state index contributed by atoms with van der Waals surface area (Å²) < 4.78 is 0. The van der Waals surface area contributed by atoms with E-state index in [0.717, 1.165) is 0 Å². The third kappa shape index (κ3) is 4.72. The topological polar surface area (TPSA) is 77.9 Å². The summed E-state index contributed by atoms with van der Waals surface area (Å²) in [6, 6.07) is 0. The highest BCUT2D eigenvalue weighted by Crippen LogP contribution is 2.29. The first-order valence-electron chi connectivity index (χ1n) is 7.66. The van der Waals surface area contributed by atoms with Gasteiger partial charge in [-0.05, 0) is 39.5 Å². The maximum atomic E-state index is 12.3. The van der Waals surface area contributed by atoms with Crippen molar-refractivity contribution < 1.29 is 19.5 Å². The van der Waals surface area contributed by atoms with Crippen molar-refractivity contribution in [2.75, 3.05) is 26.7 Å². The van der Waals surface area contributed by atoms with Gasteiger partial charge in [-0.1, -0.05) is 0 Å². The number of aliphatic carboxylic acids is 1. The van der Waals surface area contributed by atoms with Crippen LogP contribution in [0.15, 0.2) is 0 Å². The zero-order valence-corrected chi connectivity index (χ0v) is 13.2. The SMILES string of the molecule is CCN(CC)C(=O)CN(C)C(=O)C1CCC(C(=O)O)CC1. The summed E-state index contributed by atoms with van der Waals surface area (Å²) in [5.41, 5.74) is 0. The third-order valence-electron chi connectivity index (χ3n) is 4.29. The van der Waals surface area contributed by atoms with Gasteiger partial charge in [-0.15, -0.1) is 0 Å². The summed E-state index contributed by atoms with van der Waals surface area (Å²) >= 11 is 0. The zero-order valence-electron chi connectivity index (χ0n) is 13.2. The molecular formula is C15H26N2O4. The quantitative estimate of drug-likeness (QED) is 0.799. The van der Waals surface area contributed by atoms with Crippen molar-refractivity contribution in [3.05, 3.63) is 0 Å². The van der Waals surface area contributed by atoms with E-state index in [0.29, 0.717) is 38.8 Å². The van der Waals surface area contributed by atoms with E-state index < -0.39 is 5.97 Å². The minimum atomic E-state index is -0.772. The molecule has 0 aromatic heterocycles. The first-order valence-corrected chi connectivity index (χ1v) is 7.66. The molecule has 1 aliphatic carbocycles. The van der Waals surface area contributed by atoms with Crippen molar-refractivity contribution in [1.82, 2.24) is 9.80 Å². The molecule has 2 amide bonds. The molecule has 0 bridgehead atoms. The molecule has 6 heteroatoms. The molecule has 1 saturated carbocycles. The molecule has 21 heavy (non-hydrogen) atoms. The molecule has 0 saturated heterocycles. The lowest BCUT2D eigenvalue weighted by atomic mass is 9.81. The molecule has 0 unspecified atom stereocenters. The van der Waals surface area contributed by atoms with Crippen LogP contribution in [-0.4, -0.2) is 59.4 Å². The van der Waals surface area contributed by atoms with Crippen LogP contribution in [-0.2, 0) is 14.4 Å². The number of hydrogen-bond donors (Lipinski definition) is 1. The van der Waals surface area contributed by atoms with E-state index in [-0.39, 0.29) is 30.2 Å². The van der Waals surface area contributed by atoms with E-state index in [1.54, 1.807) is 11.9 Å². The number of carboxylic acid groups (broad SMARTS) is 1. The molecule has 0 aromatic carbocycles. The average molecular weight is 298 g/mol. The number of hydrogen-bond acceptors (Lipinski definition) is 3. The zero-order chi connectivity index (χ0) is 16.0. The summed E-state index contributed by atoms with van der Waals surface area (Å²) in [4.78, 5) is 38.4. The van der Waals surface area contributed by atoms with Gasteiger partial charge in [-0.2, -0.15) is 0 Å². The maximum absolute atomic E-state index is 12.3. The van der Waals surface area contributed by atoms with Crippen LogP contribution in [0.4, 0.5) is 0 Å². The van der Waals surface area contributed by atoms with Gasteiger partial charge in [-0.25, -0.2) is 0 Å². The van der Waals surface area contributed by atoms with Crippen molar-refractivity contribution in [2.45, 2.75) is 39.5 Å². The van der Waals surface area contributed by atoms with Crippen LogP contribution in [0.2, 0.25) is 0 Å². The normalized spacial score (nSPS) is 21.7. The van der Waals surface area contributed by atoms with E-state index >= 15 is 0 Å². The second-order valence-corrected chi connectivity index (χ2v) is 5.65. The molecule has 6 nitrogen and oxygen atoms in total. The van der Waals surface area contributed by atoms with Crippen molar-refractivity contribution in [2.24, 2.45) is 11.8 Å². The highest BCUT2D eigenvalue weighted by molar-refractivity contribution is 5.86. The fourth-order valence-corrected chi connectivity index (χ4v) is 2.86. The summed E-state index contributed by atoms with van der Waals surface area (Å²) in [6.45, 7) is 5.20. The highest BCUT2D eigenvalue weighted by Gasteiger charge is 2.31. The number of rotatable bonds is 6. The monoisotopic (exact) mass is 298 g/mol. The number of amides is 2. The maximum Gasteiger partial charge on any atom is 0.306 e. The lowest BCUT2D eigenvalue weighted by molar-refractivity contribution is -0.146. The summed E-state index contributed by atoms with van der Waals surface area (Å²) in [5, 5.41) is 8.96. The fraction of sp³-hybridized carbons (Fsp3) is 0.800. The van der Waals surface area contributed by atoms with E-state index in [1.807, 2.05) is 13.8 Å². The van der Waals surface area contributed by atoms with Crippen molar-refractivity contribution >= 4 is 17.8 Å². The molecule has 1 fully saturated rings. The molecule has 0 spiro atoms. The Kier molecular flexibility index (Phi) is 6.65. The van der Waals surface area contributed by atoms with Gasteiger partial charge in [0.2, 0.25) is 11.8 Å². The van der Waals surface area contributed by atoms with Crippen LogP contribution in [0.25, 0.3) is 0 Å². The smallest absolute Gasteiger partial charge is 0.306 e. The number of carboxylic acids is 1. The van der Waals surface area contributed by atoms with Crippen molar-refractivity contribution in [1.29, 1.82) is 0 Å². The molecule has 1 aliphatic rings. The van der Waals surface area contributed by atoms with Gasteiger partial charge in [0.1, 0.15) is 0 Å². The molecule has 0 aliphatic heterocycles. The Labute approximate surface area is 126 Å². The Morgan fingerprint density at radius 3 is 1.90 bits per heavy atom. The first-order chi connectivity index (χ1) is 9.90. The Balaban J connectivity index is 2.48. The van der Waals surface area contributed by atoms with E-state index in [9.17, 15) is 14.4 Å². The van der Waals surface area contributed by atoms with Crippen molar-refractivity contribution in [3.8, 4) is 0 Å². The molecule has 0 atom stereocenters. The van der Waals surface area contributed by atoms with E-state index in [1.165, 1.54) is 4.90 Å². The predicted octanol–water partition coefficient (Wildman–Crippen LogP) is 1.20. The van der Waals surface area contributed by atoms with Gasteiger partial charge in [0.05, 0.1) is 12.5 Å². The largest absolute Gasteiger partial charge is 0.481 e. The second kappa shape index (κ2) is 8.00. The highest BCUT2D eigenvalue weighted by atomic mass is 16.4. The summed E-state index contributed by atoms with van der Waals surface area (Å²) in [6.07, 6.45) is 2.28. The predicted molar refractivity (Wildman–Crippen MR) is 78.6 cm³/mol. The lowest BCUT2D eigenvalue weighted by Crippen LogP contribution is -2.43. The number of likely N-dealkylation sites (N-methyl/N-ethyl adjacent to an activating group) is 2. The molecule has 0 aromatic rings. The Bertz CT molecular complexity index is 385. The van der Waals surface area contributed by atoms with Crippen LogP contribution in [0, 0.1) is 11.8 Å². The molecule has 1 rings (SSSR count). The standard InChI is InChI=1S/C15H26N2O4/c1-4-17(5-2)13(18)10-16(3)14(19)11-6-8-12(9-7-11)15(20)21/h11-12H,4-10H2,1-3H3,(H,20,21). The minimum Gasteiger partial charge on any atom is -0.481 e. The molecule has 0 radical (unpaired) electrons. The minimum absolute atomic E-state index is 0.0423. The van der Waals surface area contributed by atoms with Crippen LogP contribution in [0.1, 0.15) is 39.5 Å². The van der Waals surface area contributed by atoms with Gasteiger partial charge < -0.3 is 14.9 Å². The average Bonchev–Trinajstić information content (AvgIpc) is 2.47.